The number of carbonyl (C=O) groups is 2. The van der Waals surface area contributed by atoms with Crippen LogP contribution in [-0.2, 0) is 9.59 Å². The van der Waals surface area contributed by atoms with E-state index in [0.717, 1.165) is 0 Å². The van der Waals surface area contributed by atoms with Gasteiger partial charge in [-0.05, 0) is 50.8 Å². The van der Waals surface area contributed by atoms with Crippen molar-refractivity contribution in [3.05, 3.63) is 69.3 Å². The molecule has 2 aliphatic heterocycles. The number of hydrogen-bond donors (Lipinski definition) is 1. The molecule has 0 unspecified atom stereocenters. The summed E-state index contributed by atoms with van der Waals surface area (Å²) in [6.45, 7) is 1.67. The average Bonchev–Trinajstić information content (AvgIpc) is 3.08. The van der Waals surface area contributed by atoms with Gasteiger partial charge in [-0.15, -0.1) is 0 Å². The van der Waals surface area contributed by atoms with E-state index in [4.69, 9.17) is 9.47 Å². The summed E-state index contributed by atoms with van der Waals surface area (Å²) >= 11 is 0. The number of amides is 1. The smallest absolute Gasteiger partial charge is 0.295 e. The first-order valence-electron chi connectivity index (χ1n) is 10.9. The van der Waals surface area contributed by atoms with Crippen LogP contribution in [0.1, 0.15) is 23.6 Å². The second kappa shape index (κ2) is 9.52. The van der Waals surface area contributed by atoms with Crippen molar-refractivity contribution in [3.63, 3.8) is 0 Å². The van der Waals surface area contributed by atoms with E-state index in [-0.39, 0.29) is 29.1 Å². The molecular formula is C24H25N3O7. The predicted molar refractivity (Wildman–Crippen MR) is 123 cm³/mol. The van der Waals surface area contributed by atoms with Gasteiger partial charge in [0, 0.05) is 24.2 Å². The molecule has 0 aromatic heterocycles. The molecule has 2 aliphatic rings. The Morgan fingerprint density at radius 3 is 2.59 bits per heavy atom. The van der Waals surface area contributed by atoms with Gasteiger partial charge in [-0.25, -0.2) is 0 Å². The maximum Gasteiger partial charge on any atom is 0.295 e. The van der Waals surface area contributed by atoms with Crippen LogP contribution in [-0.4, -0.2) is 71.9 Å². The number of carbonyl (C=O) groups excluding carboxylic acids is 2. The quantitative estimate of drug-likeness (QED) is 0.217. The number of nitrogens with zero attached hydrogens (tertiary/aromatic N) is 3. The van der Waals surface area contributed by atoms with Crippen molar-refractivity contribution in [3.8, 4) is 11.5 Å². The highest BCUT2D eigenvalue weighted by molar-refractivity contribution is 6.46. The van der Waals surface area contributed by atoms with E-state index < -0.39 is 22.7 Å². The molecule has 0 spiro atoms. The summed E-state index contributed by atoms with van der Waals surface area (Å²) in [5.41, 5.74) is 0.367. The number of hydrogen-bond acceptors (Lipinski definition) is 8. The van der Waals surface area contributed by atoms with Crippen LogP contribution in [0.5, 0.6) is 11.5 Å². The number of non-ortho nitro benzene ring substituents is 1. The second-order valence-electron chi connectivity index (χ2n) is 8.36. The topological polar surface area (TPSA) is 122 Å². The Kier molecular flexibility index (Phi) is 6.51. The van der Waals surface area contributed by atoms with Crippen molar-refractivity contribution in [1.82, 2.24) is 9.80 Å². The van der Waals surface area contributed by atoms with Gasteiger partial charge in [0.15, 0.2) is 11.5 Å². The fraction of sp³-hybridized carbons (Fsp3) is 0.333. The van der Waals surface area contributed by atoms with Gasteiger partial charge in [-0.3, -0.25) is 19.7 Å². The molecular weight excluding hydrogens is 442 g/mol. The molecule has 2 aromatic rings. The van der Waals surface area contributed by atoms with Crippen molar-refractivity contribution in [2.24, 2.45) is 0 Å². The molecule has 10 nitrogen and oxygen atoms in total. The molecule has 4 rings (SSSR count). The minimum atomic E-state index is -0.963. The zero-order valence-corrected chi connectivity index (χ0v) is 18.9. The van der Waals surface area contributed by atoms with Crippen molar-refractivity contribution >= 4 is 23.1 Å². The number of aliphatic hydroxyl groups excluding tert-OH is 1. The Bertz CT molecular complexity index is 1170. The summed E-state index contributed by atoms with van der Waals surface area (Å²) in [6.07, 6.45) is 0.579. The molecule has 0 radical (unpaired) electrons. The summed E-state index contributed by atoms with van der Waals surface area (Å²) < 4.78 is 11.1. The molecule has 1 saturated heterocycles. The minimum absolute atomic E-state index is 0.118. The number of ether oxygens (including phenoxy) is 2. The number of fused-ring (bicyclic) bond motifs is 1. The van der Waals surface area contributed by atoms with Gasteiger partial charge in [0.2, 0.25) is 0 Å². The number of Topliss-reactive ketones (excluding diaryl/α,β-unsaturated/α-hetero) is 1. The summed E-state index contributed by atoms with van der Waals surface area (Å²) in [4.78, 5) is 40.3. The van der Waals surface area contributed by atoms with Gasteiger partial charge in [0.05, 0.1) is 16.5 Å². The lowest BCUT2D eigenvalue weighted by atomic mass is 9.94. The van der Waals surface area contributed by atoms with Gasteiger partial charge in [0.25, 0.3) is 17.4 Å². The lowest BCUT2D eigenvalue weighted by Gasteiger charge is -2.26. The van der Waals surface area contributed by atoms with E-state index in [2.05, 4.69) is 0 Å². The van der Waals surface area contributed by atoms with Gasteiger partial charge in [-0.1, -0.05) is 12.1 Å². The summed E-state index contributed by atoms with van der Waals surface area (Å²) in [5, 5.41) is 22.6. The molecule has 0 bridgehead atoms. The lowest BCUT2D eigenvalue weighted by molar-refractivity contribution is -0.384. The van der Waals surface area contributed by atoms with Crippen molar-refractivity contribution in [2.45, 2.75) is 12.5 Å². The molecule has 1 atom stereocenters. The molecule has 34 heavy (non-hydrogen) atoms. The molecule has 1 N–H and O–H groups in total. The van der Waals surface area contributed by atoms with E-state index in [1.807, 2.05) is 19.0 Å². The van der Waals surface area contributed by atoms with E-state index in [1.54, 1.807) is 24.3 Å². The van der Waals surface area contributed by atoms with E-state index in [1.165, 1.54) is 23.1 Å². The highest BCUT2D eigenvalue weighted by Gasteiger charge is 2.46. The van der Waals surface area contributed by atoms with Crippen LogP contribution in [0.25, 0.3) is 5.76 Å². The van der Waals surface area contributed by atoms with Gasteiger partial charge in [-0.2, -0.15) is 0 Å². The van der Waals surface area contributed by atoms with Crippen molar-refractivity contribution in [2.75, 3.05) is 40.4 Å². The standard InChI is InChI=1S/C24H25N3O7/c1-25(2)9-4-10-26-21(15-5-3-6-17(13-15)27(31)32)20(23(29)24(26)30)22(28)16-7-8-18-19(14-16)34-12-11-33-18/h3,5-8,13-14,21,28H,4,9-12H2,1-2H3/t21-/m1/s1. The summed E-state index contributed by atoms with van der Waals surface area (Å²) in [6, 6.07) is 9.56. The molecule has 1 amide bonds. The van der Waals surface area contributed by atoms with Gasteiger partial charge >= 0.3 is 0 Å². The van der Waals surface area contributed by atoms with E-state index in [9.17, 15) is 24.8 Å². The molecule has 1 fully saturated rings. The monoisotopic (exact) mass is 467 g/mol. The fourth-order valence-corrected chi connectivity index (χ4v) is 4.17. The van der Waals surface area contributed by atoms with Crippen LogP contribution in [0.15, 0.2) is 48.0 Å². The van der Waals surface area contributed by atoms with Crippen molar-refractivity contribution in [1.29, 1.82) is 0 Å². The Hall–Kier alpha value is -3.92. The Morgan fingerprint density at radius 1 is 1.15 bits per heavy atom. The number of nitro groups is 1. The first-order valence-corrected chi connectivity index (χ1v) is 10.9. The number of aliphatic hydroxyl groups is 1. The number of ketones is 1. The summed E-state index contributed by atoms with van der Waals surface area (Å²) in [5.74, 6) is -1.03. The normalized spacial score (nSPS) is 19.0. The van der Waals surface area contributed by atoms with Crippen molar-refractivity contribution < 1.29 is 29.1 Å². The third-order valence-electron chi connectivity index (χ3n) is 5.76. The average molecular weight is 467 g/mol. The zero-order valence-electron chi connectivity index (χ0n) is 18.9. The van der Waals surface area contributed by atoms with Crippen LogP contribution < -0.4 is 9.47 Å². The van der Waals surface area contributed by atoms with Crippen LogP contribution in [0.3, 0.4) is 0 Å². The number of rotatable bonds is 7. The molecule has 2 heterocycles. The van der Waals surface area contributed by atoms with Gasteiger partial charge < -0.3 is 24.4 Å². The van der Waals surface area contributed by atoms with Crippen LogP contribution >= 0.6 is 0 Å². The lowest BCUT2D eigenvalue weighted by Crippen LogP contribution is -2.32. The largest absolute Gasteiger partial charge is 0.507 e. The second-order valence-corrected chi connectivity index (χ2v) is 8.36. The summed E-state index contributed by atoms with van der Waals surface area (Å²) in [7, 11) is 3.79. The zero-order chi connectivity index (χ0) is 24.4. The SMILES string of the molecule is CN(C)CCCN1C(=O)C(=O)C(=C(O)c2ccc3c(c2)OCCO3)[C@H]1c1cccc([N+](=O)[O-])c1. The Balaban J connectivity index is 1.81. The highest BCUT2D eigenvalue weighted by Crippen LogP contribution is 2.41. The molecule has 10 heteroatoms. The molecule has 2 aromatic carbocycles. The Morgan fingerprint density at radius 2 is 1.88 bits per heavy atom. The predicted octanol–water partition coefficient (Wildman–Crippen LogP) is 2.74. The van der Waals surface area contributed by atoms with Crippen LogP contribution in [0.4, 0.5) is 5.69 Å². The first-order chi connectivity index (χ1) is 16.3. The third kappa shape index (κ3) is 4.44. The molecule has 0 saturated carbocycles. The van der Waals surface area contributed by atoms with Crippen LogP contribution in [0, 0.1) is 10.1 Å². The Labute approximate surface area is 196 Å². The minimum Gasteiger partial charge on any atom is -0.507 e. The maximum absolute atomic E-state index is 13.1. The van der Waals surface area contributed by atoms with E-state index in [0.29, 0.717) is 43.2 Å². The number of likely N-dealkylation sites (tertiary alicyclic amines) is 1. The molecule has 178 valence electrons. The first kappa shape index (κ1) is 23.2. The highest BCUT2D eigenvalue weighted by atomic mass is 16.6. The number of nitro benzene ring substituents is 1. The van der Waals surface area contributed by atoms with Gasteiger partial charge in [0.1, 0.15) is 19.0 Å². The third-order valence-corrected chi connectivity index (χ3v) is 5.76. The maximum atomic E-state index is 13.1. The fourth-order valence-electron chi connectivity index (χ4n) is 4.17. The number of benzene rings is 2. The van der Waals surface area contributed by atoms with Crippen LogP contribution in [0.2, 0.25) is 0 Å². The molecule has 0 aliphatic carbocycles. The van der Waals surface area contributed by atoms with E-state index >= 15 is 0 Å².